The van der Waals surface area contributed by atoms with Crippen molar-refractivity contribution in [2.45, 2.75) is 11.4 Å². The number of thioether (sulfide) groups is 1. The molecule has 0 amide bonds. The van der Waals surface area contributed by atoms with Crippen molar-refractivity contribution in [2.24, 2.45) is 5.73 Å². The van der Waals surface area contributed by atoms with E-state index in [-0.39, 0.29) is 0 Å². The third-order valence-electron chi connectivity index (χ3n) is 2.33. The molecule has 0 aliphatic carbocycles. The predicted octanol–water partition coefficient (Wildman–Crippen LogP) is 2.82. The average Bonchev–Trinajstić information content (AvgIpc) is 2.74. The molecule has 0 unspecified atom stereocenters. The fraction of sp³-hybridized carbons (Fsp3) is 0.182. The van der Waals surface area contributed by atoms with E-state index in [1.54, 1.807) is 18.0 Å². The summed E-state index contributed by atoms with van der Waals surface area (Å²) in [5.74, 6) is 0. The first-order valence-corrected chi connectivity index (χ1v) is 6.84. The van der Waals surface area contributed by atoms with E-state index < -0.39 is 0 Å². The summed E-state index contributed by atoms with van der Waals surface area (Å²) >= 11 is 5.09. The molecule has 1 aromatic heterocycles. The maximum Gasteiger partial charge on any atom is 0.0702 e. The van der Waals surface area contributed by atoms with Gasteiger partial charge in [-0.15, -0.1) is 11.8 Å². The molecule has 0 fully saturated rings. The van der Waals surface area contributed by atoms with Crippen LogP contribution in [0.2, 0.25) is 0 Å². The maximum absolute atomic E-state index is 5.81. The molecule has 0 atom stereocenters. The quantitative estimate of drug-likeness (QED) is 0.886. The number of aromatic nitrogens is 2. The molecule has 2 N–H and O–H groups in total. The van der Waals surface area contributed by atoms with E-state index in [1.165, 1.54) is 4.90 Å². The van der Waals surface area contributed by atoms with E-state index in [2.05, 4.69) is 33.4 Å². The monoisotopic (exact) mass is 297 g/mol. The van der Waals surface area contributed by atoms with Gasteiger partial charge < -0.3 is 5.73 Å². The topological polar surface area (TPSA) is 43.8 Å². The highest BCUT2D eigenvalue weighted by Gasteiger charge is 2.08. The SMILES string of the molecule is CSc1cccc(-n2cc(Br)cn2)c1CN. The van der Waals surface area contributed by atoms with Gasteiger partial charge in [0.15, 0.2) is 0 Å². The molecular formula is C11H12BrN3S. The zero-order valence-electron chi connectivity index (χ0n) is 8.85. The summed E-state index contributed by atoms with van der Waals surface area (Å²) < 4.78 is 2.80. The third-order valence-corrected chi connectivity index (χ3v) is 3.56. The van der Waals surface area contributed by atoms with Crippen LogP contribution < -0.4 is 5.73 Å². The summed E-state index contributed by atoms with van der Waals surface area (Å²) in [6.45, 7) is 0.518. The van der Waals surface area contributed by atoms with Gasteiger partial charge >= 0.3 is 0 Å². The Labute approximate surface area is 107 Å². The van der Waals surface area contributed by atoms with E-state index in [4.69, 9.17) is 5.73 Å². The molecule has 1 aromatic carbocycles. The van der Waals surface area contributed by atoms with Crippen LogP contribution in [0.3, 0.4) is 0 Å². The van der Waals surface area contributed by atoms with Crippen LogP contribution in [0.25, 0.3) is 5.69 Å². The fourth-order valence-corrected chi connectivity index (χ4v) is 2.53. The fourth-order valence-electron chi connectivity index (χ4n) is 1.60. The number of hydrogen-bond acceptors (Lipinski definition) is 3. The van der Waals surface area contributed by atoms with Gasteiger partial charge in [-0.2, -0.15) is 5.10 Å². The Hall–Kier alpha value is -0.780. The van der Waals surface area contributed by atoms with Crippen LogP contribution in [0.1, 0.15) is 5.56 Å². The second kappa shape index (κ2) is 5.03. The molecule has 0 saturated heterocycles. The van der Waals surface area contributed by atoms with Gasteiger partial charge in [-0.25, -0.2) is 4.68 Å². The molecule has 0 spiro atoms. The molecular weight excluding hydrogens is 286 g/mol. The van der Waals surface area contributed by atoms with Crippen molar-refractivity contribution in [2.75, 3.05) is 6.26 Å². The number of rotatable bonds is 3. The standard InChI is InChI=1S/C11H12BrN3S/c1-16-11-4-2-3-10(9(11)5-13)15-7-8(12)6-14-15/h2-4,6-7H,5,13H2,1H3. The minimum Gasteiger partial charge on any atom is -0.326 e. The summed E-state index contributed by atoms with van der Waals surface area (Å²) in [6, 6.07) is 6.13. The number of nitrogens with two attached hydrogens (primary N) is 1. The smallest absolute Gasteiger partial charge is 0.0702 e. The number of nitrogens with zero attached hydrogens (tertiary/aromatic N) is 2. The van der Waals surface area contributed by atoms with Gasteiger partial charge in [-0.3, -0.25) is 0 Å². The molecule has 0 aliphatic rings. The third kappa shape index (κ3) is 2.16. The zero-order chi connectivity index (χ0) is 11.5. The Balaban J connectivity index is 2.56. The van der Waals surface area contributed by atoms with E-state index in [0.717, 1.165) is 15.7 Å². The molecule has 1 heterocycles. The van der Waals surface area contributed by atoms with Crippen molar-refractivity contribution in [1.82, 2.24) is 9.78 Å². The minimum atomic E-state index is 0.518. The second-order valence-corrected chi connectivity index (χ2v) is 5.03. The van der Waals surface area contributed by atoms with Crippen LogP contribution in [0.15, 0.2) is 40.0 Å². The van der Waals surface area contributed by atoms with Gasteiger partial charge in [0.2, 0.25) is 0 Å². The molecule has 0 aliphatic heterocycles. The molecule has 2 aromatic rings. The first-order valence-electron chi connectivity index (χ1n) is 4.82. The summed E-state index contributed by atoms with van der Waals surface area (Å²) in [7, 11) is 0. The van der Waals surface area contributed by atoms with Gasteiger partial charge in [-0.05, 0) is 34.3 Å². The van der Waals surface area contributed by atoms with Gasteiger partial charge in [0, 0.05) is 23.2 Å². The van der Waals surface area contributed by atoms with Crippen molar-refractivity contribution < 1.29 is 0 Å². The van der Waals surface area contributed by atoms with Gasteiger partial charge in [-0.1, -0.05) is 6.07 Å². The maximum atomic E-state index is 5.81. The Morgan fingerprint density at radius 2 is 2.31 bits per heavy atom. The molecule has 16 heavy (non-hydrogen) atoms. The Morgan fingerprint density at radius 3 is 2.88 bits per heavy atom. The van der Waals surface area contributed by atoms with Crippen molar-refractivity contribution in [1.29, 1.82) is 0 Å². The van der Waals surface area contributed by atoms with Gasteiger partial charge in [0.1, 0.15) is 0 Å². The number of halogens is 1. The summed E-state index contributed by atoms with van der Waals surface area (Å²) in [6.07, 6.45) is 5.75. The minimum absolute atomic E-state index is 0.518. The van der Waals surface area contributed by atoms with Gasteiger partial charge in [0.05, 0.1) is 16.4 Å². The summed E-state index contributed by atoms with van der Waals surface area (Å²) in [4.78, 5) is 1.20. The average molecular weight is 298 g/mol. The Morgan fingerprint density at radius 1 is 1.50 bits per heavy atom. The predicted molar refractivity (Wildman–Crippen MR) is 70.9 cm³/mol. The lowest BCUT2D eigenvalue weighted by Crippen LogP contribution is -2.06. The van der Waals surface area contributed by atoms with Crippen LogP contribution in [0.4, 0.5) is 0 Å². The molecule has 2 rings (SSSR count). The lowest BCUT2D eigenvalue weighted by atomic mass is 10.2. The van der Waals surface area contributed by atoms with E-state index >= 15 is 0 Å². The van der Waals surface area contributed by atoms with Crippen LogP contribution in [0.5, 0.6) is 0 Å². The van der Waals surface area contributed by atoms with Crippen LogP contribution in [-0.4, -0.2) is 16.0 Å². The highest BCUT2D eigenvalue weighted by atomic mass is 79.9. The highest BCUT2D eigenvalue weighted by molar-refractivity contribution is 9.10. The van der Waals surface area contributed by atoms with Crippen LogP contribution in [0, 0.1) is 0 Å². The van der Waals surface area contributed by atoms with E-state index in [1.807, 2.05) is 23.0 Å². The van der Waals surface area contributed by atoms with Crippen molar-refractivity contribution in [3.63, 3.8) is 0 Å². The van der Waals surface area contributed by atoms with Crippen molar-refractivity contribution in [3.8, 4) is 5.69 Å². The molecule has 84 valence electrons. The summed E-state index contributed by atoms with van der Waals surface area (Å²) in [5.41, 5.74) is 7.98. The lowest BCUT2D eigenvalue weighted by Gasteiger charge is -2.11. The van der Waals surface area contributed by atoms with E-state index in [9.17, 15) is 0 Å². The van der Waals surface area contributed by atoms with Crippen LogP contribution in [-0.2, 0) is 6.54 Å². The number of benzene rings is 1. The zero-order valence-corrected chi connectivity index (χ0v) is 11.3. The Bertz CT molecular complexity index is 496. The first-order chi connectivity index (χ1) is 7.76. The molecule has 5 heteroatoms. The second-order valence-electron chi connectivity index (χ2n) is 3.27. The molecule has 3 nitrogen and oxygen atoms in total. The normalized spacial score (nSPS) is 10.7. The van der Waals surface area contributed by atoms with Gasteiger partial charge in [0.25, 0.3) is 0 Å². The molecule has 0 saturated carbocycles. The lowest BCUT2D eigenvalue weighted by molar-refractivity contribution is 0.848. The first kappa shape index (κ1) is 11.7. The Kier molecular flexibility index (Phi) is 3.68. The van der Waals surface area contributed by atoms with Crippen molar-refractivity contribution >= 4 is 27.7 Å². The molecule has 0 radical (unpaired) electrons. The van der Waals surface area contributed by atoms with Crippen molar-refractivity contribution in [3.05, 3.63) is 40.6 Å². The highest BCUT2D eigenvalue weighted by Crippen LogP contribution is 2.26. The summed E-state index contributed by atoms with van der Waals surface area (Å²) in [5, 5.41) is 4.28. The largest absolute Gasteiger partial charge is 0.326 e. The molecule has 0 bridgehead atoms. The van der Waals surface area contributed by atoms with Crippen LogP contribution >= 0.6 is 27.7 Å². The number of hydrogen-bond donors (Lipinski definition) is 1. The van der Waals surface area contributed by atoms with E-state index in [0.29, 0.717) is 6.54 Å².